The average Bonchev–Trinajstić information content (AvgIpc) is 2.33. The number of rotatable bonds is 5. The van der Waals surface area contributed by atoms with Crippen LogP contribution in [-0.4, -0.2) is 28.6 Å². The van der Waals surface area contributed by atoms with Gasteiger partial charge in [0.2, 0.25) is 0 Å². The molecule has 0 saturated heterocycles. The molecular formula is C14H19ClN2O4. The number of amides is 1. The first-order chi connectivity index (χ1) is 9.61. The number of nitrogens with zero attached hydrogens (tertiary/aromatic N) is 1. The molecule has 1 aromatic rings. The van der Waals surface area contributed by atoms with E-state index in [1.54, 1.807) is 0 Å². The zero-order valence-corrected chi connectivity index (χ0v) is 13.0. The molecule has 0 aliphatic carbocycles. The number of nitro benzene ring substituents is 1. The van der Waals surface area contributed by atoms with Gasteiger partial charge >= 0.3 is 5.69 Å². The van der Waals surface area contributed by atoms with E-state index in [4.69, 9.17) is 11.6 Å². The largest absolute Gasteiger partial charge is 0.391 e. The molecule has 0 saturated carbocycles. The molecule has 0 spiro atoms. The third kappa shape index (κ3) is 5.32. The predicted molar refractivity (Wildman–Crippen MR) is 80.5 cm³/mol. The fourth-order valence-electron chi connectivity index (χ4n) is 1.97. The first-order valence-electron chi connectivity index (χ1n) is 6.51. The minimum absolute atomic E-state index is 0.0276. The highest BCUT2D eigenvalue weighted by atomic mass is 35.5. The van der Waals surface area contributed by atoms with Crippen LogP contribution in [0.15, 0.2) is 18.2 Å². The quantitative estimate of drug-likeness (QED) is 0.645. The summed E-state index contributed by atoms with van der Waals surface area (Å²) in [5.74, 6) is -0.628. The van der Waals surface area contributed by atoms with Crippen LogP contribution in [0.3, 0.4) is 0 Å². The highest BCUT2D eigenvalue weighted by Gasteiger charge is 2.24. The van der Waals surface area contributed by atoms with E-state index >= 15 is 0 Å². The van der Waals surface area contributed by atoms with Gasteiger partial charge in [0.15, 0.2) is 0 Å². The molecule has 1 aromatic carbocycles. The van der Waals surface area contributed by atoms with Crippen molar-refractivity contribution in [3.63, 3.8) is 0 Å². The number of hydrogen-bond acceptors (Lipinski definition) is 4. The second-order valence-corrected chi connectivity index (χ2v) is 6.43. The Balaban J connectivity index is 2.78. The topological polar surface area (TPSA) is 92.5 Å². The second-order valence-electron chi connectivity index (χ2n) is 6.02. The first kappa shape index (κ1) is 17.4. The monoisotopic (exact) mass is 314 g/mol. The highest BCUT2D eigenvalue weighted by molar-refractivity contribution is 6.33. The van der Waals surface area contributed by atoms with Gasteiger partial charge in [-0.15, -0.1) is 0 Å². The number of halogens is 1. The molecule has 116 valence electrons. The lowest BCUT2D eigenvalue weighted by atomic mass is 9.89. The van der Waals surface area contributed by atoms with Crippen molar-refractivity contribution in [2.45, 2.75) is 33.3 Å². The van der Waals surface area contributed by atoms with Gasteiger partial charge in [0, 0.05) is 6.54 Å². The molecule has 1 rings (SSSR count). The van der Waals surface area contributed by atoms with Crippen molar-refractivity contribution in [1.82, 2.24) is 5.32 Å². The number of nitrogens with one attached hydrogen (secondary N) is 1. The van der Waals surface area contributed by atoms with E-state index in [0.717, 1.165) is 0 Å². The summed E-state index contributed by atoms with van der Waals surface area (Å²) in [6.07, 6.45) is -0.211. The van der Waals surface area contributed by atoms with Crippen LogP contribution in [0, 0.1) is 15.5 Å². The lowest BCUT2D eigenvalue weighted by molar-refractivity contribution is -0.385. The molecule has 6 nitrogen and oxygen atoms in total. The van der Waals surface area contributed by atoms with E-state index in [2.05, 4.69) is 5.32 Å². The second kappa shape index (κ2) is 6.87. The summed E-state index contributed by atoms with van der Waals surface area (Å²) in [6, 6.07) is 4.15. The van der Waals surface area contributed by atoms with Gasteiger partial charge in [0.1, 0.15) is 10.6 Å². The maximum Gasteiger partial charge on any atom is 0.300 e. The Hall–Kier alpha value is -1.66. The molecular weight excluding hydrogens is 296 g/mol. The van der Waals surface area contributed by atoms with Crippen LogP contribution in [0.1, 0.15) is 37.6 Å². The number of aliphatic hydroxyl groups is 1. The third-order valence-corrected chi connectivity index (χ3v) is 3.07. The lowest BCUT2D eigenvalue weighted by Crippen LogP contribution is -2.34. The summed E-state index contributed by atoms with van der Waals surface area (Å²) in [4.78, 5) is 22.3. The Labute approximate surface area is 128 Å². The molecule has 0 bridgehead atoms. The predicted octanol–water partition coefficient (Wildman–Crippen LogP) is 2.78. The van der Waals surface area contributed by atoms with Gasteiger partial charge < -0.3 is 10.4 Å². The number of benzene rings is 1. The smallest absolute Gasteiger partial charge is 0.300 e. The fourth-order valence-corrected chi connectivity index (χ4v) is 2.21. The number of carbonyl (C=O) groups is 1. The maximum atomic E-state index is 12.0. The number of aliphatic hydroxyl groups excluding tert-OH is 1. The summed E-state index contributed by atoms with van der Waals surface area (Å²) < 4.78 is 0. The van der Waals surface area contributed by atoms with Crippen LogP contribution in [-0.2, 0) is 0 Å². The molecule has 0 aromatic heterocycles. The number of carbonyl (C=O) groups excluding carboxylic acids is 1. The van der Waals surface area contributed by atoms with E-state index in [-0.39, 0.29) is 22.5 Å². The van der Waals surface area contributed by atoms with Crippen molar-refractivity contribution >= 4 is 23.2 Å². The highest BCUT2D eigenvalue weighted by Crippen LogP contribution is 2.28. The molecule has 1 atom stereocenters. The molecule has 7 heteroatoms. The molecule has 21 heavy (non-hydrogen) atoms. The van der Waals surface area contributed by atoms with Gasteiger partial charge in [0.05, 0.1) is 11.0 Å². The van der Waals surface area contributed by atoms with Crippen molar-refractivity contribution in [2.24, 2.45) is 5.41 Å². The summed E-state index contributed by atoms with van der Waals surface area (Å²) in [6.45, 7) is 5.94. The standard InChI is InChI=1S/C14H19ClN2O4/c1-14(2,3)7-9(18)8-16-13(19)10-5-4-6-11(15)12(10)17(20)21/h4-6,9,18H,7-8H2,1-3H3,(H,16,19). The number of para-hydroxylation sites is 1. The zero-order chi connectivity index (χ0) is 16.2. The van der Waals surface area contributed by atoms with E-state index in [9.17, 15) is 20.0 Å². The van der Waals surface area contributed by atoms with Crippen molar-refractivity contribution in [3.8, 4) is 0 Å². The molecule has 2 N–H and O–H groups in total. The number of hydrogen-bond donors (Lipinski definition) is 2. The van der Waals surface area contributed by atoms with Crippen LogP contribution < -0.4 is 5.32 Å². The minimum atomic E-state index is -0.716. The fraction of sp³-hybridized carbons (Fsp3) is 0.500. The van der Waals surface area contributed by atoms with Crippen molar-refractivity contribution in [3.05, 3.63) is 38.9 Å². The summed E-state index contributed by atoms with van der Waals surface area (Å²) in [5.41, 5.74) is -0.621. The molecule has 1 unspecified atom stereocenters. The van der Waals surface area contributed by atoms with Crippen LogP contribution in [0.5, 0.6) is 0 Å². The molecule has 0 radical (unpaired) electrons. The Morgan fingerprint density at radius 2 is 2.10 bits per heavy atom. The van der Waals surface area contributed by atoms with Gasteiger partial charge in [-0.1, -0.05) is 38.4 Å². The molecule has 0 fully saturated rings. The van der Waals surface area contributed by atoms with Gasteiger partial charge in [-0.05, 0) is 24.0 Å². The van der Waals surface area contributed by atoms with E-state index in [1.807, 2.05) is 20.8 Å². The summed E-state index contributed by atoms with van der Waals surface area (Å²) >= 11 is 5.75. The van der Waals surface area contributed by atoms with Crippen LogP contribution in [0.4, 0.5) is 5.69 Å². The molecule has 0 aliphatic rings. The van der Waals surface area contributed by atoms with E-state index in [1.165, 1.54) is 18.2 Å². The molecule has 0 heterocycles. The minimum Gasteiger partial charge on any atom is -0.391 e. The van der Waals surface area contributed by atoms with Crippen LogP contribution in [0.2, 0.25) is 5.02 Å². The Morgan fingerprint density at radius 3 is 2.62 bits per heavy atom. The van der Waals surface area contributed by atoms with E-state index in [0.29, 0.717) is 6.42 Å². The Kier molecular flexibility index (Phi) is 5.69. The maximum absolute atomic E-state index is 12.0. The first-order valence-corrected chi connectivity index (χ1v) is 6.89. The number of nitro groups is 1. The van der Waals surface area contributed by atoms with Crippen molar-refractivity contribution in [1.29, 1.82) is 0 Å². The van der Waals surface area contributed by atoms with Crippen LogP contribution >= 0.6 is 11.6 Å². The van der Waals surface area contributed by atoms with Crippen molar-refractivity contribution < 1.29 is 14.8 Å². The van der Waals surface area contributed by atoms with Gasteiger partial charge in [-0.3, -0.25) is 14.9 Å². The van der Waals surface area contributed by atoms with Gasteiger partial charge in [-0.25, -0.2) is 0 Å². The Morgan fingerprint density at radius 1 is 1.48 bits per heavy atom. The van der Waals surface area contributed by atoms with Crippen molar-refractivity contribution in [2.75, 3.05) is 6.54 Å². The summed E-state index contributed by atoms with van der Waals surface area (Å²) in [7, 11) is 0. The molecule has 1 amide bonds. The zero-order valence-electron chi connectivity index (χ0n) is 12.2. The molecule has 0 aliphatic heterocycles. The third-order valence-electron chi connectivity index (χ3n) is 2.76. The average molecular weight is 315 g/mol. The Bertz CT molecular complexity index is 540. The SMILES string of the molecule is CC(C)(C)CC(O)CNC(=O)c1cccc(Cl)c1[N+](=O)[O-]. The van der Waals surface area contributed by atoms with Gasteiger partial charge in [-0.2, -0.15) is 0 Å². The normalized spacial score (nSPS) is 12.8. The van der Waals surface area contributed by atoms with Crippen LogP contribution in [0.25, 0.3) is 0 Å². The van der Waals surface area contributed by atoms with E-state index < -0.39 is 22.6 Å². The summed E-state index contributed by atoms with van der Waals surface area (Å²) in [5, 5.41) is 23.2. The van der Waals surface area contributed by atoms with Gasteiger partial charge in [0.25, 0.3) is 5.91 Å². The lowest BCUT2D eigenvalue weighted by Gasteiger charge is -2.22.